The molecule has 0 N–H and O–H groups in total. The van der Waals surface area contributed by atoms with Gasteiger partial charge >= 0.3 is 0 Å². The highest BCUT2D eigenvalue weighted by atomic mass is 19.3. The van der Waals surface area contributed by atoms with E-state index in [0.29, 0.717) is 6.54 Å². The van der Waals surface area contributed by atoms with Gasteiger partial charge in [0, 0.05) is 12.5 Å². The molecule has 0 bridgehead atoms. The molecule has 0 aromatic heterocycles. The van der Waals surface area contributed by atoms with Crippen molar-refractivity contribution in [2.75, 3.05) is 19.6 Å². The fourth-order valence-electron chi connectivity index (χ4n) is 1.28. The van der Waals surface area contributed by atoms with Crippen molar-refractivity contribution in [3.8, 4) is 0 Å². The second-order valence-electron chi connectivity index (χ2n) is 2.99. The third-order valence-corrected chi connectivity index (χ3v) is 2.13. The highest BCUT2D eigenvalue weighted by Crippen LogP contribution is 2.31. The maximum absolute atomic E-state index is 12.7. The average molecular weight is 149 g/mol. The molecule has 0 aromatic rings. The Bertz CT molecular complexity index is 125. The van der Waals surface area contributed by atoms with Gasteiger partial charge in [0.25, 0.3) is 5.92 Å². The molecular formula is C7H13F2N. The zero-order chi connectivity index (χ0) is 7.78. The Morgan fingerprint density at radius 1 is 1.60 bits per heavy atom. The van der Waals surface area contributed by atoms with Gasteiger partial charge in [0.1, 0.15) is 0 Å². The van der Waals surface area contributed by atoms with E-state index in [2.05, 4.69) is 0 Å². The van der Waals surface area contributed by atoms with Crippen LogP contribution in [0.1, 0.15) is 13.8 Å². The molecule has 1 aliphatic rings. The predicted molar refractivity (Wildman–Crippen MR) is 36.2 cm³/mol. The highest BCUT2D eigenvalue weighted by molar-refractivity contribution is 4.86. The molecule has 60 valence electrons. The predicted octanol–water partition coefficient (Wildman–Crippen LogP) is 1.59. The lowest BCUT2D eigenvalue weighted by Crippen LogP contribution is -2.26. The van der Waals surface area contributed by atoms with Crippen LogP contribution in [0.15, 0.2) is 0 Å². The van der Waals surface area contributed by atoms with Crippen molar-refractivity contribution in [1.82, 2.24) is 4.90 Å². The summed E-state index contributed by atoms with van der Waals surface area (Å²) in [4.78, 5) is 1.78. The second kappa shape index (κ2) is 2.46. The largest absolute Gasteiger partial charge is 0.297 e. The van der Waals surface area contributed by atoms with E-state index in [4.69, 9.17) is 0 Å². The van der Waals surface area contributed by atoms with Crippen LogP contribution in [0, 0.1) is 5.92 Å². The fourth-order valence-corrected chi connectivity index (χ4v) is 1.28. The number of nitrogens with zero attached hydrogens (tertiary/aromatic N) is 1. The molecule has 10 heavy (non-hydrogen) atoms. The van der Waals surface area contributed by atoms with Crippen molar-refractivity contribution < 1.29 is 8.78 Å². The molecule has 1 nitrogen and oxygen atoms in total. The molecular weight excluding hydrogens is 136 g/mol. The van der Waals surface area contributed by atoms with Gasteiger partial charge in [0.2, 0.25) is 0 Å². The van der Waals surface area contributed by atoms with Crippen LogP contribution in [0.4, 0.5) is 8.78 Å². The summed E-state index contributed by atoms with van der Waals surface area (Å²) in [6.07, 6.45) is 0. The smallest absolute Gasteiger partial charge is 0.264 e. The third kappa shape index (κ3) is 1.29. The Balaban J connectivity index is 2.53. The Hall–Kier alpha value is -0.180. The molecule has 0 spiro atoms. The van der Waals surface area contributed by atoms with Crippen molar-refractivity contribution in [2.45, 2.75) is 19.8 Å². The van der Waals surface area contributed by atoms with Crippen molar-refractivity contribution in [3.63, 3.8) is 0 Å². The summed E-state index contributed by atoms with van der Waals surface area (Å²) >= 11 is 0. The summed E-state index contributed by atoms with van der Waals surface area (Å²) in [5.41, 5.74) is 0. The maximum atomic E-state index is 12.7. The van der Waals surface area contributed by atoms with E-state index < -0.39 is 11.8 Å². The van der Waals surface area contributed by atoms with Crippen molar-refractivity contribution in [1.29, 1.82) is 0 Å². The van der Waals surface area contributed by atoms with E-state index >= 15 is 0 Å². The molecule has 1 fully saturated rings. The molecule has 0 saturated carbocycles. The van der Waals surface area contributed by atoms with E-state index in [1.807, 2.05) is 6.92 Å². The first kappa shape index (κ1) is 7.92. The van der Waals surface area contributed by atoms with Crippen molar-refractivity contribution in [2.24, 2.45) is 5.92 Å². The molecule has 3 heteroatoms. The van der Waals surface area contributed by atoms with Gasteiger partial charge in [-0.15, -0.1) is 0 Å². The summed E-state index contributed by atoms with van der Waals surface area (Å²) in [6, 6.07) is 0. The van der Waals surface area contributed by atoms with Crippen LogP contribution in [0.2, 0.25) is 0 Å². The molecule has 0 radical (unpaired) electrons. The number of hydrogen-bond donors (Lipinski definition) is 0. The monoisotopic (exact) mass is 149 g/mol. The lowest BCUT2D eigenvalue weighted by atomic mass is 10.1. The van der Waals surface area contributed by atoms with Gasteiger partial charge in [-0.25, -0.2) is 8.78 Å². The Morgan fingerprint density at radius 3 is 2.40 bits per heavy atom. The van der Waals surface area contributed by atoms with Crippen LogP contribution in [0.3, 0.4) is 0 Å². The fraction of sp³-hybridized carbons (Fsp3) is 1.00. The summed E-state index contributed by atoms with van der Waals surface area (Å²) in [5, 5.41) is 0. The molecule has 0 aliphatic carbocycles. The van der Waals surface area contributed by atoms with E-state index in [0.717, 1.165) is 6.54 Å². The van der Waals surface area contributed by atoms with Crippen LogP contribution < -0.4 is 0 Å². The molecule has 1 atom stereocenters. The van der Waals surface area contributed by atoms with E-state index in [-0.39, 0.29) is 6.54 Å². The zero-order valence-electron chi connectivity index (χ0n) is 6.40. The number of rotatable bonds is 1. The number of likely N-dealkylation sites (tertiary alicyclic amines) is 1. The van der Waals surface area contributed by atoms with Gasteiger partial charge in [0.15, 0.2) is 0 Å². The van der Waals surface area contributed by atoms with Gasteiger partial charge < -0.3 is 0 Å². The Kier molecular flexibility index (Phi) is 1.95. The van der Waals surface area contributed by atoms with Gasteiger partial charge in [-0.1, -0.05) is 13.8 Å². The van der Waals surface area contributed by atoms with Crippen LogP contribution >= 0.6 is 0 Å². The molecule has 1 heterocycles. The lowest BCUT2D eigenvalue weighted by molar-refractivity contribution is -0.0206. The third-order valence-electron chi connectivity index (χ3n) is 2.13. The molecule has 1 saturated heterocycles. The van der Waals surface area contributed by atoms with E-state index in [9.17, 15) is 8.78 Å². The quantitative estimate of drug-likeness (QED) is 0.547. The molecule has 0 aromatic carbocycles. The zero-order valence-corrected chi connectivity index (χ0v) is 6.40. The first-order valence-corrected chi connectivity index (χ1v) is 3.66. The lowest BCUT2D eigenvalue weighted by Gasteiger charge is -2.12. The SMILES string of the molecule is CCN1CC(C)C(F)(F)C1. The minimum Gasteiger partial charge on any atom is -0.297 e. The minimum absolute atomic E-state index is 0.0509. The number of hydrogen-bond acceptors (Lipinski definition) is 1. The highest BCUT2D eigenvalue weighted by Gasteiger charge is 2.44. The molecule has 0 amide bonds. The van der Waals surface area contributed by atoms with Crippen LogP contribution in [-0.4, -0.2) is 30.5 Å². The Labute approximate surface area is 60.0 Å². The van der Waals surface area contributed by atoms with Gasteiger partial charge in [0.05, 0.1) is 6.54 Å². The standard InChI is InChI=1S/C7H13F2N/c1-3-10-4-6(2)7(8,9)5-10/h6H,3-5H2,1-2H3. The van der Waals surface area contributed by atoms with Gasteiger partial charge in [-0.2, -0.15) is 0 Å². The summed E-state index contributed by atoms with van der Waals surface area (Å²) in [7, 11) is 0. The van der Waals surface area contributed by atoms with Crippen molar-refractivity contribution >= 4 is 0 Å². The normalized spacial score (nSPS) is 33.0. The topological polar surface area (TPSA) is 3.24 Å². The summed E-state index contributed by atoms with van der Waals surface area (Å²) in [6.45, 7) is 4.75. The van der Waals surface area contributed by atoms with Crippen LogP contribution in [-0.2, 0) is 0 Å². The van der Waals surface area contributed by atoms with Crippen molar-refractivity contribution in [3.05, 3.63) is 0 Å². The first-order valence-electron chi connectivity index (χ1n) is 3.66. The molecule has 1 rings (SSSR count). The van der Waals surface area contributed by atoms with Gasteiger partial charge in [-0.3, -0.25) is 4.90 Å². The van der Waals surface area contributed by atoms with E-state index in [1.54, 1.807) is 11.8 Å². The van der Waals surface area contributed by atoms with Crippen LogP contribution in [0.25, 0.3) is 0 Å². The number of halogens is 2. The molecule has 1 unspecified atom stereocenters. The average Bonchev–Trinajstić information content (AvgIpc) is 2.08. The van der Waals surface area contributed by atoms with Crippen LogP contribution in [0.5, 0.6) is 0 Å². The number of alkyl halides is 2. The minimum atomic E-state index is -2.45. The van der Waals surface area contributed by atoms with Gasteiger partial charge in [-0.05, 0) is 6.54 Å². The molecule has 1 aliphatic heterocycles. The summed E-state index contributed by atoms with van der Waals surface area (Å²) in [5.74, 6) is -2.91. The maximum Gasteiger partial charge on any atom is 0.264 e. The Morgan fingerprint density at radius 2 is 2.20 bits per heavy atom. The van der Waals surface area contributed by atoms with E-state index in [1.165, 1.54) is 0 Å². The first-order chi connectivity index (χ1) is 4.56. The second-order valence-corrected chi connectivity index (χ2v) is 2.99. The summed E-state index contributed by atoms with van der Waals surface area (Å²) < 4.78 is 25.5.